The molecule has 1 aliphatic carbocycles. The molecule has 4 nitrogen and oxygen atoms in total. The molecule has 0 amide bonds. The molecule has 0 spiro atoms. The van der Waals surface area contributed by atoms with Crippen molar-refractivity contribution in [1.82, 2.24) is 0 Å². The largest absolute Gasteiger partial charge is 0.463 e. The monoisotopic (exact) mass is 156 g/mol. The standard InChI is InChI=1S/C7H8O4/c8-5-6(9)11-4-2-1-3-7(4,5)10/h1-3,5-6,8-10H. The molecule has 4 heteroatoms. The van der Waals surface area contributed by atoms with Crippen LogP contribution in [0.1, 0.15) is 0 Å². The highest BCUT2D eigenvalue weighted by Crippen LogP contribution is 2.37. The van der Waals surface area contributed by atoms with Crippen LogP contribution in [-0.4, -0.2) is 33.3 Å². The Hall–Kier alpha value is -0.840. The summed E-state index contributed by atoms with van der Waals surface area (Å²) in [5.41, 5.74) is -1.50. The first-order chi connectivity index (χ1) is 5.14. The second-order valence-electron chi connectivity index (χ2n) is 2.67. The van der Waals surface area contributed by atoms with Crippen LogP contribution in [0.25, 0.3) is 0 Å². The Labute approximate surface area is 63.0 Å². The van der Waals surface area contributed by atoms with Crippen LogP contribution in [0.3, 0.4) is 0 Å². The fourth-order valence-electron chi connectivity index (χ4n) is 1.29. The van der Waals surface area contributed by atoms with Gasteiger partial charge in [-0.15, -0.1) is 0 Å². The molecule has 60 valence electrons. The maximum Gasteiger partial charge on any atom is 0.227 e. The van der Waals surface area contributed by atoms with E-state index < -0.39 is 18.0 Å². The van der Waals surface area contributed by atoms with Gasteiger partial charge in [0, 0.05) is 0 Å². The zero-order chi connectivity index (χ0) is 8.06. The summed E-state index contributed by atoms with van der Waals surface area (Å²) < 4.78 is 4.75. The van der Waals surface area contributed by atoms with Crippen LogP contribution in [-0.2, 0) is 4.74 Å². The Bertz CT molecular complexity index is 245. The molecule has 0 aromatic heterocycles. The molecule has 0 saturated carbocycles. The maximum absolute atomic E-state index is 9.58. The Kier molecular flexibility index (Phi) is 1.15. The van der Waals surface area contributed by atoms with Gasteiger partial charge in [0.1, 0.15) is 5.76 Å². The lowest BCUT2D eigenvalue weighted by Gasteiger charge is -2.17. The van der Waals surface area contributed by atoms with Gasteiger partial charge in [0.25, 0.3) is 0 Å². The average Bonchev–Trinajstić information content (AvgIpc) is 2.39. The van der Waals surface area contributed by atoms with E-state index in [1.54, 1.807) is 6.08 Å². The van der Waals surface area contributed by atoms with Crippen molar-refractivity contribution in [3.8, 4) is 0 Å². The molecule has 0 aromatic carbocycles. The number of hydrogen-bond acceptors (Lipinski definition) is 4. The van der Waals surface area contributed by atoms with Crippen LogP contribution >= 0.6 is 0 Å². The van der Waals surface area contributed by atoms with E-state index >= 15 is 0 Å². The predicted molar refractivity (Wildman–Crippen MR) is 35.3 cm³/mol. The molecule has 3 unspecified atom stereocenters. The summed E-state index contributed by atoms with van der Waals surface area (Å²) in [6.45, 7) is 0. The maximum atomic E-state index is 9.58. The molecule has 0 aromatic rings. The van der Waals surface area contributed by atoms with E-state index in [4.69, 9.17) is 9.84 Å². The minimum atomic E-state index is -1.50. The zero-order valence-corrected chi connectivity index (χ0v) is 5.64. The Morgan fingerprint density at radius 2 is 2.18 bits per heavy atom. The van der Waals surface area contributed by atoms with Crippen molar-refractivity contribution < 1.29 is 20.1 Å². The van der Waals surface area contributed by atoms with Crippen LogP contribution in [0.15, 0.2) is 24.0 Å². The van der Waals surface area contributed by atoms with E-state index in [0.29, 0.717) is 0 Å². The van der Waals surface area contributed by atoms with Crippen LogP contribution in [0.4, 0.5) is 0 Å². The summed E-state index contributed by atoms with van der Waals surface area (Å²) in [5, 5.41) is 27.8. The molecule has 2 aliphatic rings. The van der Waals surface area contributed by atoms with Gasteiger partial charge in [-0.25, -0.2) is 0 Å². The highest BCUT2D eigenvalue weighted by Gasteiger charge is 2.52. The van der Waals surface area contributed by atoms with Crippen molar-refractivity contribution in [3.63, 3.8) is 0 Å². The molecule has 3 atom stereocenters. The number of fused-ring (bicyclic) bond motifs is 1. The lowest BCUT2D eigenvalue weighted by atomic mass is 10.00. The second kappa shape index (κ2) is 1.85. The van der Waals surface area contributed by atoms with Crippen molar-refractivity contribution in [3.05, 3.63) is 24.0 Å². The van der Waals surface area contributed by atoms with Crippen molar-refractivity contribution in [2.45, 2.75) is 18.0 Å². The van der Waals surface area contributed by atoms with E-state index in [-0.39, 0.29) is 5.76 Å². The Morgan fingerprint density at radius 1 is 1.45 bits per heavy atom. The van der Waals surface area contributed by atoms with Crippen molar-refractivity contribution in [2.24, 2.45) is 0 Å². The SMILES string of the molecule is OC1OC2=CC=CC2(O)C1O. The molecule has 1 saturated heterocycles. The third-order valence-corrected chi connectivity index (χ3v) is 1.96. The molecule has 3 N–H and O–H groups in total. The van der Waals surface area contributed by atoms with E-state index in [1.165, 1.54) is 12.2 Å². The van der Waals surface area contributed by atoms with Gasteiger partial charge >= 0.3 is 0 Å². The second-order valence-corrected chi connectivity index (χ2v) is 2.67. The highest BCUT2D eigenvalue weighted by atomic mass is 16.6. The first kappa shape index (κ1) is 6.84. The van der Waals surface area contributed by atoms with Crippen LogP contribution in [0, 0.1) is 0 Å². The third-order valence-electron chi connectivity index (χ3n) is 1.96. The molecule has 0 radical (unpaired) electrons. The number of aliphatic hydroxyl groups is 3. The number of ether oxygens (including phenoxy) is 1. The van der Waals surface area contributed by atoms with Gasteiger partial charge in [-0.05, 0) is 12.2 Å². The van der Waals surface area contributed by atoms with Gasteiger partial charge in [0.15, 0.2) is 11.7 Å². The summed E-state index contributed by atoms with van der Waals surface area (Å²) in [6, 6.07) is 0. The van der Waals surface area contributed by atoms with Crippen molar-refractivity contribution >= 4 is 0 Å². The predicted octanol–water partition coefficient (Wildman–Crippen LogP) is -1.12. The minimum Gasteiger partial charge on any atom is -0.463 e. The van der Waals surface area contributed by atoms with Gasteiger partial charge in [-0.1, -0.05) is 6.08 Å². The van der Waals surface area contributed by atoms with Gasteiger partial charge in [-0.3, -0.25) is 0 Å². The lowest BCUT2D eigenvalue weighted by Crippen LogP contribution is -2.40. The summed E-state index contributed by atoms with van der Waals surface area (Å²) in [4.78, 5) is 0. The van der Waals surface area contributed by atoms with Crippen molar-refractivity contribution in [2.75, 3.05) is 0 Å². The highest BCUT2D eigenvalue weighted by molar-refractivity contribution is 5.37. The molecule has 1 heterocycles. The summed E-state index contributed by atoms with van der Waals surface area (Å²) in [7, 11) is 0. The number of rotatable bonds is 0. The van der Waals surface area contributed by atoms with Crippen LogP contribution < -0.4 is 0 Å². The fourth-order valence-corrected chi connectivity index (χ4v) is 1.29. The van der Waals surface area contributed by atoms with Crippen LogP contribution in [0.5, 0.6) is 0 Å². The quantitative estimate of drug-likeness (QED) is 0.415. The normalized spacial score (nSPS) is 47.0. The fraction of sp³-hybridized carbons (Fsp3) is 0.429. The summed E-state index contributed by atoms with van der Waals surface area (Å²) in [6.07, 6.45) is 1.87. The Balaban J connectivity index is 2.39. The molecule has 11 heavy (non-hydrogen) atoms. The Morgan fingerprint density at radius 3 is 2.82 bits per heavy atom. The van der Waals surface area contributed by atoms with Gasteiger partial charge in [-0.2, -0.15) is 0 Å². The van der Waals surface area contributed by atoms with Crippen LogP contribution in [0.2, 0.25) is 0 Å². The first-order valence-electron chi connectivity index (χ1n) is 3.30. The summed E-state index contributed by atoms with van der Waals surface area (Å²) >= 11 is 0. The molecule has 1 aliphatic heterocycles. The first-order valence-corrected chi connectivity index (χ1v) is 3.30. The van der Waals surface area contributed by atoms with Crippen molar-refractivity contribution in [1.29, 1.82) is 0 Å². The van der Waals surface area contributed by atoms with Gasteiger partial charge in [0.05, 0.1) is 0 Å². The molecule has 2 rings (SSSR count). The lowest BCUT2D eigenvalue weighted by molar-refractivity contribution is -0.112. The van der Waals surface area contributed by atoms with E-state index in [2.05, 4.69) is 0 Å². The zero-order valence-electron chi connectivity index (χ0n) is 5.64. The third kappa shape index (κ3) is 0.686. The topological polar surface area (TPSA) is 69.9 Å². The van der Waals surface area contributed by atoms with Gasteiger partial charge in [0.2, 0.25) is 6.29 Å². The van der Waals surface area contributed by atoms with E-state index in [9.17, 15) is 10.2 Å². The molecular weight excluding hydrogens is 148 g/mol. The molecule has 1 fully saturated rings. The van der Waals surface area contributed by atoms with Gasteiger partial charge < -0.3 is 20.1 Å². The van der Waals surface area contributed by atoms with E-state index in [1.807, 2.05) is 0 Å². The average molecular weight is 156 g/mol. The number of aliphatic hydroxyl groups excluding tert-OH is 2. The smallest absolute Gasteiger partial charge is 0.227 e. The number of hydrogen-bond donors (Lipinski definition) is 3. The molecular formula is C7H8O4. The minimum absolute atomic E-state index is 0.206. The van der Waals surface area contributed by atoms with E-state index in [0.717, 1.165) is 0 Å². The number of allylic oxidation sites excluding steroid dienone is 2. The molecule has 0 bridgehead atoms. The summed E-state index contributed by atoms with van der Waals surface area (Å²) in [5.74, 6) is 0.206.